The van der Waals surface area contributed by atoms with Gasteiger partial charge >= 0.3 is 5.97 Å². The monoisotopic (exact) mass is 510 g/mol. The van der Waals surface area contributed by atoms with Gasteiger partial charge in [0.2, 0.25) is 0 Å². The molecule has 0 saturated heterocycles. The lowest BCUT2D eigenvalue weighted by atomic mass is 9.96. The minimum Gasteiger partial charge on any atom is -0.463 e. The normalized spacial score (nSPS) is 15.8. The van der Waals surface area contributed by atoms with Crippen LogP contribution in [-0.2, 0) is 9.53 Å². The van der Waals surface area contributed by atoms with Crippen LogP contribution in [0.25, 0.3) is 27.6 Å². The fourth-order valence-corrected chi connectivity index (χ4v) is 6.69. The van der Waals surface area contributed by atoms with E-state index in [0.29, 0.717) is 20.6 Å². The highest BCUT2D eigenvalue weighted by Gasteiger charge is 2.33. The Labute approximate surface area is 214 Å². The summed E-state index contributed by atoms with van der Waals surface area (Å²) < 4.78 is 7.59. The van der Waals surface area contributed by atoms with Crippen molar-refractivity contribution in [3.05, 3.63) is 114 Å². The van der Waals surface area contributed by atoms with E-state index in [2.05, 4.69) is 35.3 Å². The van der Waals surface area contributed by atoms with Crippen molar-refractivity contribution in [2.45, 2.75) is 19.9 Å². The second-order valence-corrected chi connectivity index (χ2v) is 10.5. The lowest BCUT2D eigenvalue weighted by Crippen LogP contribution is -2.39. The standard InChI is InChI=1S/C29H22N2O3S2/c1-3-34-28(33)25-17(2)30-29-31(26(25)23-13-8-14-35-23)27(32)24(36-29)16-22-20-11-6-4-9-18(20)15-19-10-5-7-12-21(19)22/h4-16,26H,3H2,1-2H3/b24-16-/t26-/m0/s1. The van der Waals surface area contributed by atoms with Crippen LogP contribution in [0.2, 0.25) is 0 Å². The van der Waals surface area contributed by atoms with Crippen molar-refractivity contribution >= 4 is 56.3 Å². The molecule has 1 aliphatic heterocycles. The minimum absolute atomic E-state index is 0.163. The van der Waals surface area contributed by atoms with E-state index < -0.39 is 12.0 Å². The first-order chi connectivity index (χ1) is 17.6. The molecule has 3 heterocycles. The van der Waals surface area contributed by atoms with Crippen molar-refractivity contribution in [1.82, 2.24) is 4.57 Å². The Bertz CT molecular complexity index is 1810. The molecule has 0 spiro atoms. The first-order valence-corrected chi connectivity index (χ1v) is 13.4. The highest BCUT2D eigenvalue weighted by molar-refractivity contribution is 7.10. The van der Waals surface area contributed by atoms with E-state index in [1.165, 1.54) is 22.7 Å². The molecule has 3 aromatic carbocycles. The zero-order chi connectivity index (χ0) is 24.8. The van der Waals surface area contributed by atoms with Gasteiger partial charge in [0.1, 0.15) is 6.04 Å². The fourth-order valence-electron chi connectivity index (χ4n) is 4.84. The van der Waals surface area contributed by atoms with Crippen LogP contribution >= 0.6 is 22.7 Å². The summed E-state index contributed by atoms with van der Waals surface area (Å²) in [7, 11) is 0. The van der Waals surface area contributed by atoms with Crippen LogP contribution in [0.5, 0.6) is 0 Å². The number of thiophene rings is 1. The van der Waals surface area contributed by atoms with Gasteiger partial charge in [-0.05, 0) is 64.5 Å². The molecule has 6 rings (SSSR count). The first kappa shape index (κ1) is 22.6. The lowest BCUT2D eigenvalue weighted by molar-refractivity contribution is -0.139. The average molecular weight is 511 g/mol. The Balaban J connectivity index is 1.64. The van der Waals surface area contributed by atoms with Crippen molar-refractivity contribution in [2.75, 3.05) is 6.61 Å². The molecule has 5 aromatic rings. The summed E-state index contributed by atoms with van der Waals surface area (Å²) in [5, 5.41) is 6.35. The second-order valence-electron chi connectivity index (χ2n) is 8.55. The molecule has 0 amide bonds. The number of rotatable bonds is 4. The molecule has 0 fully saturated rings. The van der Waals surface area contributed by atoms with E-state index in [1.54, 1.807) is 11.5 Å². The van der Waals surface area contributed by atoms with Gasteiger partial charge in [-0.2, -0.15) is 0 Å². The Morgan fingerprint density at radius 3 is 2.39 bits per heavy atom. The van der Waals surface area contributed by atoms with Gasteiger partial charge in [-0.1, -0.05) is 65.9 Å². The van der Waals surface area contributed by atoms with Crippen molar-refractivity contribution in [3.63, 3.8) is 0 Å². The van der Waals surface area contributed by atoms with E-state index in [1.807, 2.05) is 54.8 Å². The minimum atomic E-state index is -0.563. The van der Waals surface area contributed by atoms with E-state index >= 15 is 0 Å². The molecule has 1 atom stereocenters. The molecule has 36 heavy (non-hydrogen) atoms. The molecular weight excluding hydrogens is 488 g/mol. The summed E-state index contributed by atoms with van der Waals surface area (Å²) in [6, 6.07) is 21.9. The maximum Gasteiger partial charge on any atom is 0.338 e. The number of hydrogen-bond acceptors (Lipinski definition) is 6. The van der Waals surface area contributed by atoms with E-state index in [-0.39, 0.29) is 12.2 Å². The van der Waals surface area contributed by atoms with Crippen molar-refractivity contribution in [2.24, 2.45) is 4.99 Å². The number of hydrogen-bond donors (Lipinski definition) is 0. The first-order valence-electron chi connectivity index (χ1n) is 11.7. The number of ether oxygens (including phenoxy) is 1. The summed E-state index contributed by atoms with van der Waals surface area (Å²) in [5.41, 5.74) is 1.83. The van der Waals surface area contributed by atoms with Crippen LogP contribution in [0, 0.1) is 0 Å². The van der Waals surface area contributed by atoms with Gasteiger partial charge in [0.25, 0.3) is 5.56 Å². The number of nitrogens with zero attached hydrogens (tertiary/aromatic N) is 2. The lowest BCUT2D eigenvalue weighted by Gasteiger charge is -2.23. The van der Waals surface area contributed by atoms with Crippen LogP contribution in [0.4, 0.5) is 0 Å². The van der Waals surface area contributed by atoms with Gasteiger partial charge in [-0.25, -0.2) is 9.79 Å². The van der Waals surface area contributed by atoms with E-state index in [4.69, 9.17) is 4.74 Å². The second kappa shape index (κ2) is 9.00. The number of benzene rings is 3. The predicted molar refractivity (Wildman–Crippen MR) is 146 cm³/mol. The summed E-state index contributed by atoms with van der Waals surface area (Å²) in [5.74, 6) is -0.438. The summed E-state index contributed by atoms with van der Waals surface area (Å²) >= 11 is 2.86. The van der Waals surface area contributed by atoms with Crippen LogP contribution in [0.1, 0.15) is 30.3 Å². The molecule has 7 heteroatoms. The maximum absolute atomic E-state index is 13.9. The van der Waals surface area contributed by atoms with Gasteiger partial charge < -0.3 is 4.74 Å². The quantitative estimate of drug-likeness (QED) is 0.248. The number of thiazole rings is 1. The number of fused-ring (bicyclic) bond motifs is 3. The van der Waals surface area contributed by atoms with Gasteiger partial charge in [0.15, 0.2) is 4.80 Å². The van der Waals surface area contributed by atoms with E-state index in [0.717, 1.165) is 32.0 Å². The molecule has 5 nitrogen and oxygen atoms in total. The van der Waals surface area contributed by atoms with Crippen LogP contribution in [0.15, 0.2) is 93.2 Å². The summed E-state index contributed by atoms with van der Waals surface area (Å²) in [6.45, 7) is 3.84. The zero-order valence-electron chi connectivity index (χ0n) is 19.7. The van der Waals surface area contributed by atoms with Crippen molar-refractivity contribution < 1.29 is 9.53 Å². The Morgan fingerprint density at radius 1 is 1.06 bits per heavy atom. The van der Waals surface area contributed by atoms with Crippen LogP contribution in [-0.4, -0.2) is 17.1 Å². The third-order valence-electron chi connectivity index (χ3n) is 6.42. The fraction of sp³-hybridized carbons (Fsp3) is 0.138. The summed E-state index contributed by atoms with van der Waals surface area (Å²) in [6.07, 6.45) is 1.98. The zero-order valence-corrected chi connectivity index (χ0v) is 21.4. The molecule has 2 aromatic heterocycles. The summed E-state index contributed by atoms with van der Waals surface area (Å²) in [4.78, 5) is 33.1. The third-order valence-corrected chi connectivity index (χ3v) is 8.33. The highest BCUT2D eigenvalue weighted by atomic mass is 32.1. The molecule has 0 N–H and O–H groups in total. The van der Waals surface area contributed by atoms with Crippen molar-refractivity contribution in [1.29, 1.82) is 0 Å². The maximum atomic E-state index is 13.9. The smallest absolute Gasteiger partial charge is 0.338 e. The molecule has 0 unspecified atom stereocenters. The number of aromatic nitrogens is 1. The molecule has 0 aliphatic carbocycles. The predicted octanol–water partition coefficient (Wildman–Crippen LogP) is 5.17. The molecule has 1 aliphatic rings. The number of allylic oxidation sites excluding steroid dienone is 1. The van der Waals surface area contributed by atoms with E-state index in [9.17, 15) is 9.59 Å². The number of esters is 1. The highest BCUT2D eigenvalue weighted by Crippen LogP contribution is 2.33. The largest absolute Gasteiger partial charge is 0.463 e. The van der Waals surface area contributed by atoms with Gasteiger partial charge in [-0.3, -0.25) is 9.36 Å². The van der Waals surface area contributed by atoms with Gasteiger partial charge in [-0.15, -0.1) is 11.3 Å². The molecule has 0 bridgehead atoms. The molecule has 0 saturated carbocycles. The SMILES string of the molecule is CCOC(=O)C1=C(C)N=c2s/c(=C\c3c4ccccc4cc4ccccc34)c(=O)n2[C@H]1c1cccs1. The Morgan fingerprint density at radius 2 is 1.75 bits per heavy atom. The van der Waals surface area contributed by atoms with Crippen molar-refractivity contribution in [3.8, 4) is 0 Å². The Hall–Kier alpha value is -3.81. The topological polar surface area (TPSA) is 60.7 Å². The average Bonchev–Trinajstić information content (AvgIpc) is 3.52. The molecule has 178 valence electrons. The van der Waals surface area contributed by atoms with Crippen LogP contribution < -0.4 is 14.9 Å². The Kier molecular flexibility index (Phi) is 5.66. The van der Waals surface area contributed by atoms with Gasteiger partial charge in [0, 0.05) is 4.88 Å². The third kappa shape index (κ3) is 3.63. The van der Waals surface area contributed by atoms with Gasteiger partial charge in [0.05, 0.1) is 22.4 Å². The van der Waals surface area contributed by atoms with Crippen LogP contribution in [0.3, 0.4) is 0 Å². The molecule has 0 radical (unpaired) electrons. The number of carbonyl (C=O) groups is 1. The molecular formula is C29H22N2O3S2. The number of carbonyl (C=O) groups excluding carboxylic acids is 1.